The Balaban J connectivity index is 1.31. The predicted octanol–water partition coefficient (Wildman–Crippen LogP) is 5.77. The SMILES string of the molecule is COc1ccc2nccc([C@H](O)CC[C@@H]3CCN(CCCCc4c(F)cccc4F)C[C@@H]3CC(=O)O)c2c1. The summed E-state index contributed by atoms with van der Waals surface area (Å²) < 4.78 is 33.1. The largest absolute Gasteiger partial charge is 0.497 e. The van der Waals surface area contributed by atoms with Gasteiger partial charge in [0.25, 0.3) is 0 Å². The molecule has 2 N–H and O–H groups in total. The zero-order valence-electron chi connectivity index (χ0n) is 21.8. The molecule has 0 spiro atoms. The highest BCUT2D eigenvalue weighted by atomic mass is 19.1. The van der Waals surface area contributed by atoms with Crippen molar-refractivity contribution in [2.24, 2.45) is 11.8 Å². The summed E-state index contributed by atoms with van der Waals surface area (Å²) in [6, 6.07) is 11.4. The van der Waals surface area contributed by atoms with Gasteiger partial charge in [-0.15, -0.1) is 0 Å². The molecule has 2 heterocycles. The number of carboxylic acids is 1. The zero-order chi connectivity index (χ0) is 27.1. The molecule has 1 aromatic heterocycles. The third-order valence-corrected chi connectivity index (χ3v) is 7.78. The van der Waals surface area contributed by atoms with Gasteiger partial charge in [-0.05, 0) is 105 Å². The van der Waals surface area contributed by atoms with Gasteiger partial charge in [0, 0.05) is 30.1 Å². The first kappa shape index (κ1) is 27.9. The van der Waals surface area contributed by atoms with Gasteiger partial charge in [0.05, 0.1) is 18.7 Å². The van der Waals surface area contributed by atoms with E-state index in [1.54, 1.807) is 13.3 Å². The van der Waals surface area contributed by atoms with E-state index in [0.717, 1.165) is 48.8 Å². The van der Waals surface area contributed by atoms with Crippen LogP contribution in [0.15, 0.2) is 48.7 Å². The molecule has 0 radical (unpaired) electrons. The van der Waals surface area contributed by atoms with E-state index in [4.69, 9.17) is 4.74 Å². The minimum absolute atomic E-state index is 0.00765. The van der Waals surface area contributed by atoms with Gasteiger partial charge in [0.15, 0.2) is 0 Å². The van der Waals surface area contributed by atoms with Gasteiger partial charge in [-0.2, -0.15) is 0 Å². The first-order valence-corrected chi connectivity index (χ1v) is 13.3. The predicted molar refractivity (Wildman–Crippen MR) is 142 cm³/mol. The zero-order valence-corrected chi connectivity index (χ0v) is 21.8. The lowest BCUT2D eigenvalue weighted by molar-refractivity contribution is -0.139. The highest BCUT2D eigenvalue weighted by Crippen LogP contribution is 2.35. The fourth-order valence-corrected chi connectivity index (χ4v) is 5.69. The molecule has 3 atom stereocenters. The summed E-state index contributed by atoms with van der Waals surface area (Å²) in [5, 5.41) is 21.4. The molecule has 0 saturated carbocycles. The maximum atomic E-state index is 13.9. The van der Waals surface area contributed by atoms with E-state index in [1.807, 2.05) is 24.3 Å². The molecule has 1 aliphatic heterocycles. The number of likely N-dealkylation sites (tertiary alicyclic amines) is 1. The molecule has 0 amide bonds. The summed E-state index contributed by atoms with van der Waals surface area (Å²) in [5.74, 6) is -0.933. The van der Waals surface area contributed by atoms with E-state index in [0.29, 0.717) is 31.6 Å². The van der Waals surface area contributed by atoms with Crippen LogP contribution < -0.4 is 4.74 Å². The van der Waals surface area contributed by atoms with E-state index < -0.39 is 23.7 Å². The second-order valence-corrected chi connectivity index (χ2v) is 10.2. The Morgan fingerprint density at radius 1 is 1.16 bits per heavy atom. The number of unbranched alkanes of at least 4 members (excludes halogenated alkanes) is 1. The molecule has 204 valence electrons. The van der Waals surface area contributed by atoms with Crippen molar-refractivity contribution in [3.63, 3.8) is 0 Å². The lowest BCUT2D eigenvalue weighted by Crippen LogP contribution is -2.41. The normalized spacial score (nSPS) is 18.9. The molecule has 1 aliphatic rings. The Bertz CT molecular complexity index is 1220. The molecule has 0 aliphatic carbocycles. The van der Waals surface area contributed by atoms with Crippen LogP contribution >= 0.6 is 0 Å². The molecule has 1 saturated heterocycles. The molecular weight excluding hydrogens is 490 g/mol. The van der Waals surface area contributed by atoms with E-state index in [1.165, 1.54) is 18.2 Å². The number of pyridine rings is 1. The summed E-state index contributed by atoms with van der Waals surface area (Å²) in [6.07, 6.45) is 5.02. The van der Waals surface area contributed by atoms with Crippen LogP contribution in [0.5, 0.6) is 5.75 Å². The number of rotatable bonds is 12. The van der Waals surface area contributed by atoms with Crippen molar-refractivity contribution in [2.75, 3.05) is 26.7 Å². The number of benzene rings is 2. The number of aliphatic carboxylic acids is 1. The third kappa shape index (κ3) is 7.05. The Kier molecular flexibility index (Phi) is 9.63. The molecule has 0 bridgehead atoms. The Hall–Kier alpha value is -3.10. The van der Waals surface area contributed by atoms with E-state index in [9.17, 15) is 23.8 Å². The number of piperidine rings is 1. The number of hydrogen-bond donors (Lipinski definition) is 2. The summed E-state index contributed by atoms with van der Waals surface area (Å²) in [4.78, 5) is 18.3. The Morgan fingerprint density at radius 3 is 2.68 bits per heavy atom. The lowest BCUT2D eigenvalue weighted by Gasteiger charge is -2.38. The third-order valence-electron chi connectivity index (χ3n) is 7.78. The minimum atomic E-state index is -0.815. The molecule has 2 aromatic carbocycles. The molecule has 38 heavy (non-hydrogen) atoms. The number of carboxylic acid groups (broad SMARTS) is 1. The molecule has 1 fully saturated rings. The number of fused-ring (bicyclic) bond motifs is 1. The number of hydrogen-bond acceptors (Lipinski definition) is 5. The van der Waals surface area contributed by atoms with Gasteiger partial charge in [-0.3, -0.25) is 9.78 Å². The quantitative estimate of drug-likeness (QED) is 0.292. The minimum Gasteiger partial charge on any atom is -0.497 e. The average Bonchev–Trinajstić information content (AvgIpc) is 2.90. The molecule has 3 aromatic rings. The number of aliphatic hydroxyl groups is 1. The lowest BCUT2D eigenvalue weighted by atomic mass is 9.79. The number of nitrogens with zero attached hydrogens (tertiary/aromatic N) is 2. The van der Waals surface area contributed by atoms with Crippen LogP contribution in [0.3, 0.4) is 0 Å². The molecule has 6 nitrogen and oxygen atoms in total. The van der Waals surface area contributed by atoms with Crippen LogP contribution in [0.25, 0.3) is 10.9 Å². The van der Waals surface area contributed by atoms with E-state index in [-0.39, 0.29) is 23.8 Å². The van der Waals surface area contributed by atoms with E-state index >= 15 is 0 Å². The fourth-order valence-electron chi connectivity index (χ4n) is 5.69. The van der Waals surface area contributed by atoms with Gasteiger partial charge < -0.3 is 19.8 Å². The fraction of sp³-hybridized carbons (Fsp3) is 0.467. The number of ether oxygens (including phenoxy) is 1. The van der Waals surface area contributed by atoms with Gasteiger partial charge in [0.1, 0.15) is 17.4 Å². The van der Waals surface area contributed by atoms with Crippen molar-refractivity contribution in [1.29, 1.82) is 0 Å². The first-order chi connectivity index (χ1) is 18.4. The van der Waals surface area contributed by atoms with Crippen molar-refractivity contribution < 1.29 is 28.5 Å². The van der Waals surface area contributed by atoms with Crippen LogP contribution in [0.2, 0.25) is 0 Å². The number of halogens is 2. The maximum absolute atomic E-state index is 13.9. The highest BCUT2D eigenvalue weighted by Gasteiger charge is 2.31. The van der Waals surface area contributed by atoms with Crippen LogP contribution in [0.4, 0.5) is 8.78 Å². The summed E-state index contributed by atoms with van der Waals surface area (Å²) >= 11 is 0. The number of methoxy groups -OCH3 is 1. The van der Waals surface area contributed by atoms with Crippen LogP contribution in [-0.4, -0.2) is 52.8 Å². The first-order valence-electron chi connectivity index (χ1n) is 13.3. The van der Waals surface area contributed by atoms with Crippen molar-refractivity contribution in [2.45, 2.75) is 51.0 Å². The topological polar surface area (TPSA) is 82.9 Å². The second-order valence-electron chi connectivity index (χ2n) is 10.2. The highest BCUT2D eigenvalue weighted by molar-refractivity contribution is 5.83. The second kappa shape index (κ2) is 13.1. The summed E-state index contributed by atoms with van der Waals surface area (Å²) in [5.41, 5.74) is 1.72. The molecular formula is C30H36F2N2O4. The van der Waals surface area contributed by atoms with Crippen LogP contribution in [0.1, 0.15) is 55.8 Å². The number of carbonyl (C=O) groups is 1. The van der Waals surface area contributed by atoms with Crippen molar-refractivity contribution >= 4 is 16.9 Å². The Labute approximate surface area is 222 Å². The molecule has 0 unspecified atom stereocenters. The van der Waals surface area contributed by atoms with Gasteiger partial charge >= 0.3 is 5.97 Å². The monoisotopic (exact) mass is 526 g/mol. The van der Waals surface area contributed by atoms with Gasteiger partial charge in [0.2, 0.25) is 0 Å². The van der Waals surface area contributed by atoms with Gasteiger partial charge in [-0.1, -0.05) is 6.07 Å². The maximum Gasteiger partial charge on any atom is 0.303 e. The molecule has 4 rings (SSSR count). The van der Waals surface area contributed by atoms with Crippen LogP contribution in [0, 0.1) is 23.5 Å². The van der Waals surface area contributed by atoms with Crippen molar-refractivity contribution in [3.05, 3.63) is 71.4 Å². The van der Waals surface area contributed by atoms with Crippen LogP contribution in [-0.2, 0) is 11.2 Å². The standard InChI is InChI=1S/C30H36F2N2O4/c1-38-22-9-10-28-25(18-22)23(12-14-33-28)29(35)11-8-20-13-16-34(19-21(20)17-30(36)37)15-3-2-5-24-26(31)6-4-7-27(24)32/h4,6-7,9-10,12,14,18,20-21,29,35H,2-3,5,8,11,13,15-17,19H2,1H3,(H,36,37)/t20-,21+,29-/m1/s1. The summed E-state index contributed by atoms with van der Waals surface area (Å²) in [6.45, 7) is 2.29. The number of aliphatic hydroxyl groups excluding tert-OH is 1. The van der Waals surface area contributed by atoms with Crippen molar-refractivity contribution in [1.82, 2.24) is 9.88 Å². The Morgan fingerprint density at radius 2 is 1.95 bits per heavy atom. The van der Waals surface area contributed by atoms with E-state index in [2.05, 4.69) is 9.88 Å². The molecule has 8 heteroatoms. The van der Waals surface area contributed by atoms with Gasteiger partial charge in [-0.25, -0.2) is 8.78 Å². The average molecular weight is 527 g/mol. The van der Waals surface area contributed by atoms with Crippen molar-refractivity contribution in [3.8, 4) is 5.75 Å². The summed E-state index contributed by atoms with van der Waals surface area (Å²) in [7, 11) is 1.60. The number of aromatic nitrogens is 1. The smallest absolute Gasteiger partial charge is 0.303 e.